The standard InChI is InChI=1S/C20H21F4N3O3S/c21-17-2-1-3-18(14-17)31(29,30)27-12-10-26(11-13-27)19(28)25-9-8-15-4-6-16(7-5-15)20(22,23)24/h1-7,14H,8-13H2,(H,25,28). The molecule has 2 aromatic rings. The van der Waals surface area contributed by atoms with Crippen molar-refractivity contribution in [2.75, 3.05) is 32.7 Å². The Morgan fingerprint density at radius 3 is 2.23 bits per heavy atom. The molecule has 0 aromatic heterocycles. The Kier molecular flexibility index (Phi) is 6.85. The molecule has 0 unspecified atom stereocenters. The number of amides is 2. The molecule has 1 saturated heterocycles. The highest BCUT2D eigenvalue weighted by molar-refractivity contribution is 7.89. The SMILES string of the molecule is O=C(NCCc1ccc(C(F)(F)F)cc1)N1CCN(S(=O)(=O)c2cccc(F)c2)CC1. The van der Waals surface area contributed by atoms with E-state index in [1.54, 1.807) is 0 Å². The molecule has 0 spiro atoms. The van der Waals surface area contributed by atoms with Crippen molar-refractivity contribution in [3.05, 3.63) is 65.5 Å². The van der Waals surface area contributed by atoms with Crippen molar-refractivity contribution < 1.29 is 30.8 Å². The molecule has 168 valence electrons. The van der Waals surface area contributed by atoms with Crippen molar-refractivity contribution in [1.29, 1.82) is 0 Å². The predicted molar refractivity (Wildman–Crippen MR) is 105 cm³/mol. The van der Waals surface area contributed by atoms with E-state index in [9.17, 15) is 30.8 Å². The van der Waals surface area contributed by atoms with Crippen LogP contribution in [-0.2, 0) is 22.6 Å². The molecule has 0 bridgehead atoms. The third-order valence-electron chi connectivity index (χ3n) is 4.93. The Morgan fingerprint density at radius 1 is 1.00 bits per heavy atom. The van der Waals surface area contributed by atoms with Crippen LogP contribution in [0.2, 0.25) is 0 Å². The third-order valence-corrected chi connectivity index (χ3v) is 6.83. The second kappa shape index (κ2) is 9.23. The fraction of sp³-hybridized carbons (Fsp3) is 0.350. The van der Waals surface area contributed by atoms with Gasteiger partial charge in [0.25, 0.3) is 0 Å². The van der Waals surface area contributed by atoms with Gasteiger partial charge in [-0.2, -0.15) is 17.5 Å². The van der Waals surface area contributed by atoms with Crippen LogP contribution in [-0.4, -0.2) is 56.4 Å². The van der Waals surface area contributed by atoms with Gasteiger partial charge in [0.1, 0.15) is 5.82 Å². The Labute approximate surface area is 177 Å². The topological polar surface area (TPSA) is 69.7 Å². The van der Waals surface area contributed by atoms with Crippen LogP contribution in [0.25, 0.3) is 0 Å². The van der Waals surface area contributed by atoms with Gasteiger partial charge in [0.15, 0.2) is 0 Å². The number of sulfonamides is 1. The fourth-order valence-electron chi connectivity index (χ4n) is 3.19. The number of benzene rings is 2. The summed E-state index contributed by atoms with van der Waals surface area (Å²) in [6.45, 7) is 0.712. The number of hydrogen-bond donors (Lipinski definition) is 1. The molecular weight excluding hydrogens is 438 g/mol. The van der Waals surface area contributed by atoms with Crippen LogP contribution in [0.4, 0.5) is 22.4 Å². The molecule has 0 aliphatic carbocycles. The van der Waals surface area contributed by atoms with E-state index in [4.69, 9.17) is 0 Å². The van der Waals surface area contributed by atoms with Gasteiger partial charge in [-0.25, -0.2) is 17.6 Å². The molecular formula is C20H21F4N3O3S. The zero-order valence-electron chi connectivity index (χ0n) is 16.4. The molecule has 6 nitrogen and oxygen atoms in total. The summed E-state index contributed by atoms with van der Waals surface area (Å²) in [4.78, 5) is 13.6. The van der Waals surface area contributed by atoms with E-state index in [1.807, 2.05) is 0 Å². The second-order valence-corrected chi connectivity index (χ2v) is 8.96. The summed E-state index contributed by atoms with van der Waals surface area (Å²) in [5.74, 6) is -0.646. The second-order valence-electron chi connectivity index (χ2n) is 7.03. The summed E-state index contributed by atoms with van der Waals surface area (Å²) >= 11 is 0. The molecule has 0 atom stereocenters. The first kappa shape index (κ1) is 23.0. The van der Waals surface area contributed by atoms with Crippen LogP contribution in [0, 0.1) is 5.82 Å². The highest BCUT2D eigenvalue weighted by Gasteiger charge is 2.31. The first-order valence-corrected chi connectivity index (χ1v) is 11.0. The lowest BCUT2D eigenvalue weighted by atomic mass is 10.1. The van der Waals surface area contributed by atoms with Crippen molar-refractivity contribution in [3.63, 3.8) is 0 Å². The molecule has 1 N–H and O–H groups in total. The van der Waals surface area contributed by atoms with Crippen LogP contribution >= 0.6 is 0 Å². The highest BCUT2D eigenvalue weighted by atomic mass is 32.2. The molecule has 1 aliphatic heterocycles. The number of rotatable bonds is 5. The van der Waals surface area contributed by atoms with Crippen molar-refractivity contribution >= 4 is 16.1 Å². The Bertz CT molecular complexity index is 1020. The normalized spacial score (nSPS) is 15.7. The van der Waals surface area contributed by atoms with Gasteiger partial charge in [-0.1, -0.05) is 18.2 Å². The van der Waals surface area contributed by atoms with E-state index in [0.717, 1.165) is 24.3 Å². The van der Waals surface area contributed by atoms with Crippen molar-refractivity contribution in [1.82, 2.24) is 14.5 Å². The first-order valence-electron chi connectivity index (χ1n) is 9.52. The van der Waals surface area contributed by atoms with Gasteiger partial charge in [0, 0.05) is 32.7 Å². The average molecular weight is 459 g/mol. The van der Waals surface area contributed by atoms with Crippen LogP contribution in [0.3, 0.4) is 0 Å². The number of carbonyl (C=O) groups excluding carboxylic acids is 1. The fourth-order valence-corrected chi connectivity index (χ4v) is 4.65. The smallest absolute Gasteiger partial charge is 0.338 e. The van der Waals surface area contributed by atoms with Gasteiger partial charge < -0.3 is 10.2 Å². The van der Waals surface area contributed by atoms with Gasteiger partial charge in [-0.3, -0.25) is 0 Å². The van der Waals surface area contributed by atoms with Crippen molar-refractivity contribution in [2.45, 2.75) is 17.5 Å². The maximum atomic E-state index is 13.4. The lowest BCUT2D eigenvalue weighted by Crippen LogP contribution is -2.53. The summed E-state index contributed by atoms with van der Waals surface area (Å²) < 4.78 is 77.5. The number of piperazine rings is 1. The van der Waals surface area contributed by atoms with Gasteiger partial charge in [0.2, 0.25) is 10.0 Å². The van der Waals surface area contributed by atoms with E-state index in [-0.39, 0.29) is 43.7 Å². The average Bonchev–Trinajstić information content (AvgIpc) is 2.73. The largest absolute Gasteiger partial charge is 0.416 e. The quantitative estimate of drug-likeness (QED) is 0.699. The summed E-state index contributed by atoms with van der Waals surface area (Å²) in [6, 6.07) is 9.10. The zero-order valence-corrected chi connectivity index (χ0v) is 17.2. The van der Waals surface area contributed by atoms with Crippen LogP contribution in [0.5, 0.6) is 0 Å². The summed E-state index contributed by atoms with van der Waals surface area (Å²) in [5, 5.41) is 2.69. The maximum Gasteiger partial charge on any atom is 0.416 e. The van der Waals surface area contributed by atoms with E-state index < -0.39 is 27.6 Å². The van der Waals surface area contributed by atoms with Crippen LogP contribution < -0.4 is 5.32 Å². The summed E-state index contributed by atoms with van der Waals surface area (Å²) in [7, 11) is -3.85. The van der Waals surface area contributed by atoms with Crippen LogP contribution in [0.15, 0.2) is 53.4 Å². The molecule has 1 fully saturated rings. The minimum Gasteiger partial charge on any atom is -0.338 e. The number of hydrogen-bond acceptors (Lipinski definition) is 3. The van der Waals surface area contributed by atoms with Crippen molar-refractivity contribution in [2.24, 2.45) is 0 Å². The number of halogens is 4. The Hall–Kier alpha value is -2.66. The minimum absolute atomic E-state index is 0.0746. The first-order chi connectivity index (χ1) is 14.6. The van der Waals surface area contributed by atoms with Gasteiger partial charge in [-0.15, -0.1) is 0 Å². The number of nitrogens with one attached hydrogen (secondary N) is 1. The molecule has 3 rings (SSSR count). The van der Waals surface area contributed by atoms with Gasteiger partial charge in [0.05, 0.1) is 10.5 Å². The highest BCUT2D eigenvalue weighted by Crippen LogP contribution is 2.29. The Balaban J connectivity index is 1.47. The lowest BCUT2D eigenvalue weighted by molar-refractivity contribution is -0.137. The predicted octanol–water partition coefficient (Wildman–Crippen LogP) is 3.10. The number of alkyl halides is 3. The maximum absolute atomic E-state index is 13.4. The van der Waals surface area contributed by atoms with E-state index >= 15 is 0 Å². The van der Waals surface area contributed by atoms with Crippen LogP contribution in [0.1, 0.15) is 11.1 Å². The minimum atomic E-state index is -4.39. The molecule has 11 heteroatoms. The number of carbonyl (C=O) groups is 1. The molecule has 0 saturated carbocycles. The molecule has 31 heavy (non-hydrogen) atoms. The Morgan fingerprint density at radius 2 is 1.65 bits per heavy atom. The van der Waals surface area contributed by atoms with E-state index in [0.29, 0.717) is 12.0 Å². The van der Waals surface area contributed by atoms with Crippen molar-refractivity contribution in [3.8, 4) is 0 Å². The molecule has 0 radical (unpaired) electrons. The third kappa shape index (κ3) is 5.73. The van der Waals surface area contributed by atoms with E-state index in [2.05, 4.69) is 5.32 Å². The van der Waals surface area contributed by atoms with E-state index in [1.165, 1.54) is 33.5 Å². The molecule has 1 heterocycles. The molecule has 2 aromatic carbocycles. The summed E-state index contributed by atoms with van der Waals surface area (Å²) in [5.41, 5.74) is -0.0781. The number of urea groups is 1. The zero-order chi connectivity index (χ0) is 22.6. The lowest BCUT2D eigenvalue weighted by Gasteiger charge is -2.34. The van der Waals surface area contributed by atoms with Gasteiger partial charge in [-0.05, 0) is 42.3 Å². The van der Waals surface area contributed by atoms with Gasteiger partial charge >= 0.3 is 12.2 Å². The molecule has 1 aliphatic rings. The molecule has 2 amide bonds. The summed E-state index contributed by atoms with van der Waals surface area (Å²) in [6.07, 6.45) is -4.03. The monoisotopic (exact) mass is 459 g/mol. The number of nitrogens with zero attached hydrogens (tertiary/aromatic N) is 2.